The Labute approximate surface area is 94.3 Å². The fourth-order valence-electron chi connectivity index (χ4n) is 1.28. The molecule has 6 N–H and O–H groups in total. The van der Waals surface area contributed by atoms with E-state index in [9.17, 15) is 0 Å². The molecule has 0 aliphatic heterocycles. The normalized spacial score (nSPS) is 11.5. The molecule has 1 aromatic carbocycles. The van der Waals surface area contributed by atoms with Crippen LogP contribution in [0, 0.1) is 5.41 Å². The lowest BCUT2D eigenvalue weighted by Gasteiger charge is -2.06. The molecule has 5 nitrogen and oxygen atoms in total. The Morgan fingerprint density at radius 2 is 2.25 bits per heavy atom. The van der Waals surface area contributed by atoms with Gasteiger partial charge in [-0.1, -0.05) is 12.1 Å². The summed E-state index contributed by atoms with van der Waals surface area (Å²) in [6.07, 6.45) is 1.49. The Kier molecular flexibility index (Phi) is 4.63. The average Bonchev–Trinajstić information content (AvgIpc) is 2.29. The molecule has 1 rings (SSSR count). The van der Waals surface area contributed by atoms with Crippen LogP contribution < -0.4 is 11.5 Å². The van der Waals surface area contributed by atoms with E-state index >= 15 is 0 Å². The van der Waals surface area contributed by atoms with E-state index in [1.807, 2.05) is 6.07 Å². The molecule has 0 unspecified atom stereocenters. The van der Waals surface area contributed by atoms with Crippen LogP contribution >= 0.6 is 0 Å². The van der Waals surface area contributed by atoms with Gasteiger partial charge in [-0.2, -0.15) is 0 Å². The van der Waals surface area contributed by atoms with Gasteiger partial charge in [0.15, 0.2) is 0 Å². The smallest absolute Gasteiger partial charge is 0.105 e. The number of amidine groups is 1. The number of nitrogens with zero attached hydrogens (tertiary/aromatic N) is 1. The summed E-state index contributed by atoms with van der Waals surface area (Å²) in [6.45, 7) is 0.320. The van der Waals surface area contributed by atoms with Crippen molar-refractivity contribution in [3.05, 3.63) is 29.3 Å². The number of aliphatic imine (C=N–C) groups is 1. The number of nitrogens with two attached hydrogens (primary N) is 2. The van der Waals surface area contributed by atoms with Crippen molar-refractivity contribution >= 4 is 17.7 Å². The number of rotatable bonds is 5. The molecule has 0 atom stereocenters. The first kappa shape index (κ1) is 12.4. The van der Waals surface area contributed by atoms with Gasteiger partial charge in [-0.15, -0.1) is 0 Å². The number of hydrogen-bond donors (Lipinski definition) is 4. The first-order valence-electron chi connectivity index (χ1n) is 4.96. The molecule has 0 amide bonds. The van der Waals surface area contributed by atoms with Crippen molar-refractivity contribution in [1.29, 1.82) is 5.41 Å². The Morgan fingerprint density at radius 3 is 2.81 bits per heavy atom. The second-order valence-corrected chi connectivity index (χ2v) is 3.34. The largest absolute Gasteiger partial charge is 0.392 e. The summed E-state index contributed by atoms with van der Waals surface area (Å²) in [5.41, 5.74) is 13.4. The highest BCUT2D eigenvalue weighted by molar-refractivity contribution is 5.93. The number of nitrogens with one attached hydrogen (secondary N) is 1. The van der Waals surface area contributed by atoms with Gasteiger partial charge in [0.2, 0.25) is 0 Å². The molecule has 0 heterocycles. The summed E-state index contributed by atoms with van der Waals surface area (Å²) in [6, 6.07) is 5.42. The third-order valence-electron chi connectivity index (χ3n) is 2.13. The van der Waals surface area contributed by atoms with E-state index in [1.54, 1.807) is 12.1 Å². The maximum Gasteiger partial charge on any atom is 0.105 e. The average molecular weight is 220 g/mol. The minimum absolute atomic E-state index is 0.0957. The number of aliphatic hydroxyl groups excluding tert-OH is 1. The van der Waals surface area contributed by atoms with Crippen LogP contribution in [0.2, 0.25) is 0 Å². The minimum Gasteiger partial charge on any atom is -0.392 e. The standard InChI is InChI=1S/C11H16N4O/c12-4-3-11(14)15-10-5-8(6-13)1-2-9(10)7-16/h1-2,4-5,12,16H,3,6-7,13H2,(H2,14,15). The minimum atomic E-state index is -0.0957. The van der Waals surface area contributed by atoms with Crippen LogP contribution in [0.15, 0.2) is 23.2 Å². The van der Waals surface area contributed by atoms with Crippen molar-refractivity contribution < 1.29 is 5.11 Å². The van der Waals surface area contributed by atoms with Crippen LogP contribution in [-0.4, -0.2) is 17.2 Å². The summed E-state index contributed by atoms with van der Waals surface area (Å²) in [5, 5.41) is 16.1. The SMILES string of the molecule is N=CCC(N)=Nc1cc(CN)ccc1CO. The van der Waals surface area contributed by atoms with Crippen molar-refractivity contribution in [2.24, 2.45) is 16.5 Å². The number of aliphatic hydroxyl groups is 1. The summed E-state index contributed by atoms with van der Waals surface area (Å²) >= 11 is 0. The predicted molar refractivity (Wildman–Crippen MR) is 64.9 cm³/mol. The zero-order valence-electron chi connectivity index (χ0n) is 8.98. The molecule has 1 aromatic rings. The fraction of sp³-hybridized carbons (Fsp3) is 0.273. The monoisotopic (exact) mass is 220 g/mol. The highest BCUT2D eigenvalue weighted by Crippen LogP contribution is 2.21. The molecule has 0 bridgehead atoms. The Bertz CT molecular complexity index is 401. The summed E-state index contributed by atoms with van der Waals surface area (Å²) in [4.78, 5) is 4.16. The first-order valence-corrected chi connectivity index (χ1v) is 4.96. The van der Waals surface area contributed by atoms with Crippen molar-refractivity contribution in [3.8, 4) is 0 Å². The zero-order chi connectivity index (χ0) is 12.0. The molecule has 16 heavy (non-hydrogen) atoms. The lowest BCUT2D eigenvalue weighted by Crippen LogP contribution is -2.11. The molecular formula is C11H16N4O. The van der Waals surface area contributed by atoms with Crippen molar-refractivity contribution in [2.75, 3.05) is 0 Å². The van der Waals surface area contributed by atoms with Crippen LogP contribution in [0.1, 0.15) is 17.5 Å². The Hall–Kier alpha value is -1.72. The maximum absolute atomic E-state index is 9.14. The third-order valence-corrected chi connectivity index (χ3v) is 2.13. The van der Waals surface area contributed by atoms with Gasteiger partial charge in [0.25, 0.3) is 0 Å². The Balaban J connectivity index is 3.08. The van der Waals surface area contributed by atoms with Crippen molar-refractivity contribution in [2.45, 2.75) is 19.6 Å². The van der Waals surface area contributed by atoms with Gasteiger partial charge in [-0.25, -0.2) is 4.99 Å². The first-order chi connectivity index (χ1) is 7.71. The van der Waals surface area contributed by atoms with Gasteiger partial charge in [0.05, 0.1) is 12.3 Å². The van der Waals surface area contributed by atoms with E-state index in [1.165, 1.54) is 6.21 Å². The van der Waals surface area contributed by atoms with E-state index in [0.717, 1.165) is 5.56 Å². The van der Waals surface area contributed by atoms with Gasteiger partial charge in [-0.05, 0) is 11.6 Å². The molecule has 0 spiro atoms. The zero-order valence-corrected chi connectivity index (χ0v) is 8.98. The molecule has 0 aliphatic carbocycles. The molecule has 0 aromatic heterocycles. The van der Waals surface area contributed by atoms with Crippen LogP contribution in [0.5, 0.6) is 0 Å². The number of benzene rings is 1. The highest BCUT2D eigenvalue weighted by atomic mass is 16.3. The van der Waals surface area contributed by atoms with Crippen LogP contribution in [-0.2, 0) is 13.2 Å². The molecule has 0 radical (unpaired) electrons. The molecular weight excluding hydrogens is 204 g/mol. The molecule has 5 heteroatoms. The summed E-state index contributed by atoms with van der Waals surface area (Å²) in [7, 11) is 0. The molecule has 86 valence electrons. The number of hydrogen-bond acceptors (Lipinski definition) is 4. The van der Waals surface area contributed by atoms with Crippen LogP contribution in [0.3, 0.4) is 0 Å². The Morgan fingerprint density at radius 1 is 1.50 bits per heavy atom. The molecule has 0 fully saturated rings. The summed E-state index contributed by atoms with van der Waals surface area (Å²) in [5.74, 6) is 0.346. The van der Waals surface area contributed by atoms with E-state index in [2.05, 4.69) is 4.99 Å². The quantitative estimate of drug-likeness (QED) is 0.432. The second kappa shape index (κ2) is 5.99. The lowest BCUT2D eigenvalue weighted by atomic mass is 10.1. The third kappa shape index (κ3) is 3.15. The van der Waals surface area contributed by atoms with Gasteiger partial charge < -0.3 is 22.0 Å². The lowest BCUT2D eigenvalue weighted by molar-refractivity contribution is 0.282. The summed E-state index contributed by atoms with van der Waals surface area (Å²) < 4.78 is 0. The van der Waals surface area contributed by atoms with Gasteiger partial charge in [0.1, 0.15) is 5.84 Å². The van der Waals surface area contributed by atoms with Gasteiger partial charge >= 0.3 is 0 Å². The predicted octanol–water partition coefficient (Wildman–Crippen LogP) is 0.666. The van der Waals surface area contributed by atoms with E-state index in [0.29, 0.717) is 30.1 Å². The molecule has 0 saturated heterocycles. The van der Waals surface area contributed by atoms with Crippen molar-refractivity contribution in [3.63, 3.8) is 0 Å². The van der Waals surface area contributed by atoms with Crippen LogP contribution in [0.4, 0.5) is 5.69 Å². The van der Waals surface area contributed by atoms with Crippen molar-refractivity contribution in [1.82, 2.24) is 0 Å². The highest BCUT2D eigenvalue weighted by Gasteiger charge is 2.02. The van der Waals surface area contributed by atoms with Gasteiger partial charge in [0, 0.05) is 24.7 Å². The second-order valence-electron chi connectivity index (χ2n) is 3.34. The fourth-order valence-corrected chi connectivity index (χ4v) is 1.28. The molecule has 0 saturated carbocycles. The van der Waals surface area contributed by atoms with E-state index in [4.69, 9.17) is 22.0 Å². The van der Waals surface area contributed by atoms with E-state index < -0.39 is 0 Å². The van der Waals surface area contributed by atoms with E-state index in [-0.39, 0.29) is 6.61 Å². The maximum atomic E-state index is 9.14. The topological polar surface area (TPSA) is 108 Å². The molecule has 0 aliphatic rings. The van der Waals surface area contributed by atoms with Crippen LogP contribution in [0.25, 0.3) is 0 Å². The van der Waals surface area contributed by atoms with Gasteiger partial charge in [-0.3, -0.25) is 0 Å².